The number of nitrogens with one attached hydrogen (secondary N) is 1. The number of amides is 1. The second kappa shape index (κ2) is 10.2. The van der Waals surface area contributed by atoms with Crippen molar-refractivity contribution in [3.63, 3.8) is 0 Å². The quantitative estimate of drug-likeness (QED) is 0.577. The van der Waals surface area contributed by atoms with E-state index in [4.69, 9.17) is 9.47 Å². The van der Waals surface area contributed by atoms with Crippen LogP contribution in [0.2, 0.25) is 0 Å². The smallest absolute Gasteiger partial charge is 0.328 e. The van der Waals surface area contributed by atoms with Gasteiger partial charge in [0, 0.05) is 6.20 Å². The highest BCUT2D eigenvalue weighted by molar-refractivity contribution is 9.10. The van der Waals surface area contributed by atoms with Gasteiger partial charge in [-0.1, -0.05) is 32.0 Å². The van der Waals surface area contributed by atoms with Gasteiger partial charge in [0.1, 0.15) is 24.0 Å². The Labute approximate surface area is 178 Å². The van der Waals surface area contributed by atoms with Gasteiger partial charge in [-0.3, -0.25) is 4.79 Å². The molecule has 1 amide bonds. The Bertz CT molecular complexity index is 844. The monoisotopic (exact) mass is 464 g/mol. The molecule has 0 bridgehead atoms. The largest absolute Gasteiger partial charge is 0.504 e. The molecule has 2 rings (SSSR count). The molecule has 8 heteroatoms. The molecular weight excluding hydrogens is 440 g/mol. The van der Waals surface area contributed by atoms with Gasteiger partial charge in [0.25, 0.3) is 5.91 Å². The summed E-state index contributed by atoms with van der Waals surface area (Å²) in [6, 6.07) is 9.87. The summed E-state index contributed by atoms with van der Waals surface area (Å²) in [7, 11) is 0. The van der Waals surface area contributed by atoms with E-state index in [0.717, 1.165) is 0 Å². The number of carbonyl (C=O) groups excluding carboxylic acids is 2. The minimum absolute atomic E-state index is 0.0886. The normalized spacial score (nSPS) is 14.0. The molecule has 1 aromatic carbocycles. The Morgan fingerprint density at radius 3 is 2.38 bits per heavy atom. The molecule has 0 radical (unpaired) electrons. The number of aromatic hydroxyl groups is 1. The summed E-state index contributed by atoms with van der Waals surface area (Å²) in [6.45, 7) is 7.21. The maximum Gasteiger partial charge on any atom is 0.328 e. The maximum atomic E-state index is 12.5. The van der Waals surface area contributed by atoms with Crippen molar-refractivity contribution < 1.29 is 24.2 Å². The summed E-state index contributed by atoms with van der Waals surface area (Å²) >= 11 is 3.12. The molecule has 7 nitrogen and oxygen atoms in total. The van der Waals surface area contributed by atoms with E-state index in [0.29, 0.717) is 10.2 Å². The fraction of sp³-hybridized carbons (Fsp3) is 0.381. The molecule has 2 aromatic rings. The van der Waals surface area contributed by atoms with Gasteiger partial charge in [-0.15, -0.1) is 0 Å². The van der Waals surface area contributed by atoms with Crippen LogP contribution >= 0.6 is 15.9 Å². The summed E-state index contributed by atoms with van der Waals surface area (Å²) < 4.78 is 11.8. The molecule has 1 heterocycles. The van der Waals surface area contributed by atoms with Crippen molar-refractivity contribution in [1.82, 2.24) is 10.3 Å². The average molecular weight is 465 g/mol. The Morgan fingerprint density at radius 1 is 1.10 bits per heavy atom. The predicted molar refractivity (Wildman–Crippen MR) is 112 cm³/mol. The number of hydrogen-bond acceptors (Lipinski definition) is 6. The van der Waals surface area contributed by atoms with Gasteiger partial charge in [0.2, 0.25) is 0 Å². The molecule has 0 spiro atoms. The van der Waals surface area contributed by atoms with Gasteiger partial charge in [-0.05, 0) is 53.9 Å². The van der Waals surface area contributed by atoms with Crippen LogP contribution in [-0.2, 0) is 9.53 Å². The fourth-order valence-electron chi connectivity index (χ4n) is 2.70. The number of aromatic nitrogens is 1. The number of halogens is 1. The van der Waals surface area contributed by atoms with Gasteiger partial charge in [-0.2, -0.15) is 0 Å². The zero-order valence-electron chi connectivity index (χ0n) is 16.8. The van der Waals surface area contributed by atoms with Gasteiger partial charge < -0.3 is 19.9 Å². The summed E-state index contributed by atoms with van der Waals surface area (Å²) in [5.41, 5.74) is -0.181. The molecule has 3 atom stereocenters. The topological polar surface area (TPSA) is 97.8 Å². The Balaban J connectivity index is 1.99. The lowest BCUT2D eigenvalue weighted by molar-refractivity contribution is -0.155. The maximum absolute atomic E-state index is 12.5. The molecular formula is C21H25BrN2O5. The molecule has 0 saturated carbocycles. The Kier molecular flexibility index (Phi) is 8.01. The van der Waals surface area contributed by atoms with Crippen molar-refractivity contribution in [3.05, 3.63) is 52.8 Å². The molecule has 29 heavy (non-hydrogen) atoms. The number of hydrogen-bond donors (Lipinski definition) is 2. The minimum atomic E-state index is -0.935. The van der Waals surface area contributed by atoms with Crippen molar-refractivity contribution in [3.8, 4) is 11.5 Å². The average Bonchev–Trinajstić information content (AvgIpc) is 2.68. The molecule has 0 saturated heterocycles. The number of pyridine rings is 1. The Hall–Kier alpha value is -2.61. The van der Waals surface area contributed by atoms with E-state index in [2.05, 4.69) is 26.2 Å². The van der Waals surface area contributed by atoms with Crippen LogP contribution in [0.3, 0.4) is 0 Å². The third-order valence-electron chi connectivity index (χ3n) is 4.23. The van der Waals surface area contributed by atoms with Crippen LogP contribution in [0.25, 0.3) is 0 Å². The first-order valence-corrected chi connectivity index (χ1v) is 10.1. The van der Waals surface area contributed by atoms with Crippen molar-refractivity contribution in [2.45, 2.75) is 45.9 Å². The first-order chi connectivity index (χ1) is 13.7. The first kappa shape index (κ1) is 22.7. The van der Waals surface area contributed by atoms with E-state index in [-0.39, 0.29) is 23.5 Å². The molecule has 0 fully saturated rings. The summed E-state index contributed by atoms with van der Waals surface area (Å²) in [4.78, 5) is 28.6. The molecule has 1 aromatic heterocycles. The number of ether oxygens (including phenoxy) is 2. The van der Waals surface area contributed by atoms with Gasteiger partial charge in [-0.25, -0.2) is 9.78 Å². The fourth-order valence-corrected chi connectivity index (χ4v) is 3.01. The van der Waals surface area contributed by atoms with Crippen LogP contribution in [-0.4, -0.2) is 40.2 Å². The number of nitrogens with zero attached hydrogens (tertiary/aromatic N) is 1. The molecule has 2 N–H and O–H groups in total. The van der Waals surface area contributed by atoms with Crippen LogP contribution in [0.4, 0.5) is 0 Å². The van der Waals surface area contributed by atoms with E-state index in [9.17, 15) is 14.7 Å². The van der Waals surface area contributed by atoms with E-state index in [1.54, 1.807) is 6.92 Å². The number of benzene rings is 1. The number of para-hydroxylation sites is 1. The predicted octanol–water partition coefficient (Wildman–Crippen LogP) is 3.70. The van der Waals surface area contributed by atoms with Crippen molar-refractivity contribution in [1.29, 1.82) is 0 Å². The van der Waals surface area contributed by atoms with Crippen LogP contribution in [0.15, 0.2) is 47.1 Å². The highest BCUT2D eigenvalue weighted by atomic mass is 79.9. The van der Waals surface area contributed by atoms with Crippen LogP contribution < -0.4 is 10.1 Å². The molecule has 156 valence electrons. The van der Waals surface area contributed by atoms with E-state index >= 15 is 0 Å². The highest BCUT2D eigenvalue weighted by Gasteiger charge is 2.29. The van der Waals surface area contributed by atoms with E-state index < -0.39 is 24.0 Å². The van der Waals surface area contributed by atoms with Crippen molar-refractivity contribution in [2.24, 2.45) is 5.92 Å². The Morgan fingerprint density at radius 2 is 1.76 bits per heavy atom. The van der Waals surface area contributed by atoms with Crippen LogP contribution in [0.1, 0.15) is 38.2 Å². The number of carbonyl (C=O) groups is 2. The van der Waals surface area contributed by atoms with E-state index in [1.807, 2.05) is 44.2 Å². The zero-order chi connectivity index (χ0) is 21.6. The highest BCUT2D eigenvalue weighted by Crippen LogP contribution is 2.25. The lowest BCUT2D eigenvalue weighted by Crippen LogP contribution is -2.44. The van der Waals surface area contributed by atoms with Crippen LogP contribution in [0, 0.1) is 5.92 Å². The third-order valence-corrected chi connectivity index (χ3v) is 4.87. The van der Waals surface area contributed by atoms with Gasteiger partial charge in [0.15, 0.2) is 11.4 Å². The molecule has 0 aliphatic carbocycles. The lowest BCUT2D eigenvalue weighted by Gasteiger charge is -2.29. The molecule has 0 unspecified atom stereocenters. The van der Waals surface area contributed by atoms with E-state index in [1.165, 1.54) is 19.2 Å². The van der Waals surface area contributed by atoms with Gasteiger partial charge in [0.05, 0.1) is 4.47 Å². The zero-order valence-corrected chi connectivity index (χ0v) is 18.3. The summed E-state index contributed by atoms with van der Waals surface area (Å²) in [6.07, 6.45) is 0.470. The van der Waals surface area contributed by atoms with Crippen molar-refractivity contribution >= 4 is 27.8 Å². The number of rotatable bonds is 8. The first-order valence-electron chi connectivity index (χ1n) is 9.27. The standard InChI is InChI=1S/C21H25BrN2O5/c1-12(2)19(29-15-8-6-5-7-9-15)14(4)28-21(27)13(3)24-20(26)17-18(25)16(22)10-11-23-17/h5-14,19,25H,1-4H3,(H,24,26)/t13-,14-,19+/m0/s1. The summed E-state index contributed by atoms with van der Waals surface area (Å²) in [5.74, 6) is -0.808. The SMILES string of the molecule is CC(C)[C@@H](Oc1ccccc1)[C@H](C)OC(=O)[C@H](C)NC(=O)c1nccc(Br)c1O. The number of esters is 1. The van der Waals surface area contributed by atoms with Crippen molar-refractivity contribution in [2.75, 3.05) is 0 Å². The minimum Gasteiger partial charge on any atom is -0.504 e. The van der Waals surface area contributed by atoms with Crippen LogP contribution in [0.5, 0.6) is 11.5 Å². The molecule has 0 aliphatic rings. The second-order valence-electron chi connectivity index (χ2n) is 6.97. The molecule has 0 aliphatic heterocycles. The third kappa shape index (κ3) is 6.19. The lowest BCUT2D eigenvalue weighted by atomic mass is 10.0. The summed E-state index contributed by atoms with van der Waals surface area (Å²) in [5, 5.41) is 12.4. The second-order valence-corrected chi connectivity index (χ2v) is 7.82. The van der Waals surface area contributed by atoms with Gasteiger partial charge >= 0.3 is 5.97 Å².